The largest absolute Gasteiger partial charge is 0.479 e. The number of nitrogens with one attached hydrogen (secondary N) is 2. The molecular formula is C25H26N4O6. The standard InChI is InChI=1S/C25H26N4O6/c1-29-22(23(30)26-12-11-21(34-2)24(31)32)20(13-27-29)28-25(33)35-14-19-17-9-5-3-7-15(17)16-8-4-6-10-18(16)19/h3-10,13,19,21H,11-12,14H2,1-2H3,(H,26,30)(H,28,33)(H,31,32). The fraction of sp³-hybridized carbons (Fsp3) is 0.280. The Balaban J connectivity index is 1.38. The number of anilines is 1. The van der Waals surface area contributed by atoms with Gasteiger partial charge < -0.3 is 19.9 Å². The van der Waals surface area contributed by atoms with Gasteiger partial charge in [-0.3, -0.25) is 14.8 Å². The molecule has 0 bridgehead atoms. The molecule has 0 spiro atoms. The molecule has 0 saturated carbocycles. The van der Waals surface area contributed by atoms with Crippen LogP contribution < -0.4 is 10.6 Å². The molecule has 3 aromatic rings. The molecule has 2 aromatic carbocycles. The number of carboxylic acid groups (broad SMARTS) is 1. The van der Waals surface area contributed by atoms with Crippen molar-refractivity contribution in [2.24, 2.45) is 7.05 Å². The number of amides is 2. The minimum Gasteiger partial charge on any atom is -0.479 e. The summed E-state index contributed by atoms with van der Waals surface area (Å²) in [5, 5.41) is 18.3. The second kappa shape index (κ2) is 10.4. The molecule has 0 fully saturated rings. The van der Waals surface area contributed by atoms with E-state index in [0.717, 1.165) is 22.3 Å². The SMILES string of the molecule is COC(CCNC(=O)c1c(NC(=O)OCC2c3ccccc3-c3ccccc32)cnn1C)C(=O)O. The number of aryl methyl sites for hydroxylation is 1. The van der Waals surface area contributed by atoms with Gasteiger partial charge in [0.25, 0.3) is 5.91 Å². The maximum atomic E-state index is 12.7. The zero-order valence-corrected chi connectivity index (χ0v) is 19.4. The molecule has 3 N–H and O–H groups in total. The number of carbonyl (C=O) groups is 3. The summed E-state index contributed by atoms with van der Waals surface area (Å²) in [5.74, 6) is -1.72. The average molecular weight is 479 g/mol. The van der Waals surface area contributed by atoms with Gasteiger partial charge in [0, 0.05) is 33.0 Å². The Kier molecular flexibility index (Phi) is 7.11. The van der Waals surface area contributed by atoms with Crippen molar-refractivity contribution in [3.05, 3.63) is 71.5 Å². The number of benzene rings is 2. The van der Waals surface area contributed by atoms with Gasteiger partial charge in [0.05, 0.1) is 11.9 Å². The molecule has 0 saturated heterocycles. The number of nitrogens with zero attached hydrogens (tertiary/aromatic N) is 2. The van der Waals surface area contributed by atoms with Crippen molar-refractivity contribution in [3.8, 4) is 11.1 Å². The predicted octanol–water partition coefficient (Wildman–Crippen LogP) is 3.00. The number of aliphatic carboxylic acids is 1. The van der Waals surface area contributed by atoms with Crippen LogP contribution in [0.3, 0.4) is 0 Å². The molecule has 1 atom stereocenters. The van der Waals surface area contributed by atoms with Gasteiger partial charge in [-0.1, -0.05) is 48.5 Å². The number of carboxylic acids is 1. The third-order valence-corrected chi connectivity index (χ3v) is 5.99. The highest BCUT2D eigenvalue weighted by molar-refractivity contribution is 6.01. The van der Waals surface area contributed by atoms with E-state index in [4.69, 9.17) is 14.6 Å². The van der Waals surface area contributed by atoms with Crippen molar-refractivity contribution in [1.82, 2.24) is 15.1 Å². The number of aromatic nitrogens is 2. The normalized spacial score (nSPS) is 13.0. The lowest BCUT2D eigenvalue weighted by molar-refractivity contribution is -0.148. The van der Waals surface area contributed by atoms with Crippen LogP contribution >= 0.6 is 0 Å². The summed E-state index contributed by atoms with van der Waals surface area (Å²) in [5.41, 5.74) is 4.74. The maximum Gasteiger partial charge on any atom is 0.411 e. The third-order valence-electron chi connectivity index (χ3n) is 5.99. The van der Waals surface area contributed by atoms with Gasteiger partial charge in [0.15, 0.2) is 6.10 Å². The Morgan fingerprint density at radius 2 is 1.71 bits per heavy atom. The number of fused-ring (bicyclic) bond motifs is 3. The summed E-state index contributed by atoms with van der Waals surface area (Å²) in [7, 11) is 2.85. The summed E-state index contributed by atoms with van der Waals surface area (Å²) < 4.78 is 11.7. The number of hydrogen-bond donors (Lipinski definition) is 3. The average Bonchev–Trinajstić information content (AvgIpc) is 3.37. The van der Waals surface area contributed by atoms with Crippen LogP contribution in [0, 0.1) is 0 Å². The van der Waals surface area contributed by atoms with Crippen molar-refractivity contribution in [1.29, 1.82) is 0 Å². The van der Waals surface area contributed by atoms with E-state index in [0.29, 0.717) is 0 Å². The van der Waals surface area contributed by atoms with E-state index < -0.39 is 24.1 Å². The van der Waals surface area contributed by atoms with E-state index in [1.807, 2.05) is 36.4 Å². The summed E-state index contributed by atoms with van der Waals surface area (Å²) in [6.45, 7) is 0.203. The molecule has 1 aliphatic carbocycles. The van der Waals surface area contributed by atoms with Gasteiger partial charge in [0.2, 0.25) is 0 Å². The predicted molar refractivity (Wildman–Crippen MR) is 127 cm³/mol. The van der Waals surface area contributed by atoms with Gasteiger partial charge in [-0.15, -0.1) is 0 Å². The molecule has 1 aromatic heterocycles. The minimum absolute atomic E-state index is 0.0687. The first-order chi connectivity index (χ1) is 16.9. The quantitative estimate of drug-likeness (QED) is 0.431. The van der Waals surface area contributed by atoms with E-state index in [-0.39, 0.29) is 36.9 Å². The summed E-state index contributed by atoms with van der Waals surface area (Å²) in [4.78, 5) is 36.3. The second-order valence-electron chi connectivity index (χ2n) is 8.09. The van der Waals surface area contributed by atoms with Gasteiger partial charge in [-0.2, -0.15) is 5.10 Å². The maximum absolute atomic E-state index is 12.7. The van der Waals surface area contributed by atoms with Crippen LogP contribution in [0.15, 0.2) is 54.7 Å². The summed E-state index contributed by atoms with van der Waals surface area (Å²) in [6, 6.07) is 16.1. The van der Waals surface area contributed by atoms with Gasteiger partial charge in [-0.25, -0.2) is 9.59 Å². The third kappa shape index (κ3) is 5.02. The first-order valence-corrected chi connectivity index (χ1v) is 11.1. The van der Waals surface area contributed by atoms with Crippen LogP contribution in [-0.2, 0) is 21.3 Å². The summed E-state index contributed by atoms with van der Waals surface area (Å²) in [6.07, 6.45) is -0.296. The fourth-order valence-corrected chi connectivity index (χ4v) is 4.29. The molecule has 4 rings (SSSR count). The summed E-state index contributed by atoms with van der Waals surface area (Å²) >= 11 is 0. The number of carbonyl (C=O) groups excluding carboxylic acids is 2. The fourth-order valence-electron chi connectivity index (χ4n) is 4.29. The number of rotatable bonds is 9. The van der Waals surface area contributed by atoms with Crippen LogP contribution in [0.2, 0.25) is 0 Å². The Hall–Kier alpha value is -4.18. The van der Waals surface area contributed by atoms with E-state index in [9.17, 15) is 14.4 Å². The number of ether oxygens (including phenoxy) is 2. The monoisotopic (exact) mass is 478 g/mol. The molecule has 10 heteroatoms. The highest BCUT2D eigenvalue weighted by Crippen LogP contribution is 2.44. The van der Waals surface area contributed by atoms with E-state index in [1.165, 1.54) is 18.0 Å². The number of methoxy groups -OCH3 is 1. The van der Waals surface area contributed by atoms with Crippen LogP contribution in [0.1, 0.15) is 34.0 Å². The van der Waals surface area contributed by atoms with E-state index in [1.54, 1.807) is 7.05 Å². The Labute approximate surface area is 201 Å². The minimum atomic E-state index is -1.11. The Morgan fingerprint density at radius 3 is 2.31 bits per heavy atom. The lowest BCUT2D eigenvalue weighted by Crippen LogP contribution is -2.32. The zero-order valence-electron chi connectivity index (χ0n) is 19.4. The molecule has 1 aliphatic rings. The zero-order chi connectivity index (χ0) is 24.9. The number of hydrogen-bond acceptors (Lipinski definition) is 6. The van der Waals surface area contributed by atoms with Crippen molar-refractivity contribution >= 4 is 23.7 Å². The van der Waals surface area contributed by atoms with Crippen molar-refractivity contribution in [2.45, 2.75) is 18.4 Å². The first kappa shape index (κ1) is 24.0. The first-order valence-electron chi connectivity index (χ1n) is 11.1. The van der Waals surface area contributed by atoms with Gasteiger partial charge in [-0.05, 0) is 22.3 Å². The molecule has 1 unspecified atom stereocenters. The van der Waals surface area contributed by atoms with Crippen LogP contribution in [0.5, 0.6) is 0 Å². The van der Waals surface area contributed by atoms with Crippen molar-refractivity contribution in [2.75, 3.05) is 25.6 Å². The lowest BCUT2D eigenvalue weighted by Gasteiger charge is -2.15. The molecule has 0 aliphatic heterocycles. The molecule has 0 radical (unpaired) electrons. The van der Waals surface area contributed by atoms with Gasteiger partial charge in [0.1, 0.15) is 12.3 Å². The molecule has 35 heavy (non-hydrogen) atoms. The molecule has 10 nitrogen and oxygen atoms in total. The smallest absolute Gasteiger partial charge is 0.411 e. The Morgan fingerprint density at radius 1 is 1.09 bits per heavy atom. The topological polar surface area (TPSA) is 132 Å². The van der Waals surface area contributed by atoms with Crippen LogP contribution in [0.4, 0.5) is 10.5 Å². The molecule has 2 amide bonds. The highest BCUT2D eigenvalue weighted by Gasteiger charge is 2.29. The van der Waals surface area contributed by atoms with E-state index >= 15 is 0 Å². The molecular weight excluding hydrogens is 452 g/mol. The molecule has 182 valence electrons. The molecule has 1 heterocycles. The van der Waals surface area contributed by atoms with Crippen molar-refractivity contribution in [3.63, 3.8) is 0 Å². The van der Waals surface area contributed by atoms with Gasteiger partial charge >= 0.3 is 12.1 Å². The highest BCUT2D eigenvalue weighted by atomic mass is 16.5. The van der Waals surface area contributed by atoms with E-state index in [2.05, 4.69) is 27.9 Å². The Bertz CT molecular complexity index is 1210. The van der Waals surface area contributed by atoms with Crippen molar-refractivity contribution < 1.29 is 29.0 Å². The lowest BCUT2D eigenvalue weighted by atomic mass is 9.98. The second-order valence-corrected chi connectivity index (χ2v) is 8.09. The van der Waals surface area contributed by atoms with Crippen LogP contribution in [0.25, 0.3) is 11.1 Å². The van der Waals surface area contributed by atoms with Crippen LogP contribution in [-0.4, -0.2) is 59.2 Å².